The van der Waals surface area contributed by atoms with Gasteiger partial charge in [0.1, 0.15) is 0 Å². The summed E-state index contributed by atoms with van der Waals surface area (Å²) >= 11 is 0. The number of hydrogen-bond acceptors (Lipinski definition) is 0. The SMILES string of the molecule is CC.Cc1cc(P(c2ccccc2)c2ccccc2)c(-c2c(P(c3ccccc3)c3ccccc3)cc(C)c3ccccc23)c2ccccc12. The number of benzene rings is 8. The van der Waals surface area contributed by atoms with Crippen LogP contribution in [0.25, 0.3) is 32.7 Å². The first-order valence-corrected chi connectivity index (χ1v) is 20.2. The molecular formula is C48H42P2. The van der Waals surface area contributed by atoms with Crippen molar-refractivity contribution in [2.24, 2.45) is 0 Å². The second-order valence-corrected chi connectivity index (χ2v) is 16.7. The van der Waals surface area contributed by atoms with Gasteiger partial charge in [-0.3, -0.25) is 0 Å². The molecule has 8 aromatic rings. The molecule has 0 atom stereocenters. The molecule has 0 saturated carbocycles. The van der Waals surface area contributed by atoms with E-state index in [1.807, 2.05) is 13.8 Å². The van der Waals surface area contributed by atoms with Crippen molar-refractivity contribution in [3.63, 3.8) is 0 Å². The second kappa shape index (κ2) is 15.4. The lowest BCUT2D eigenvalue weighted by atomic mass is 9.90. The highest BCUT2D eigenvalue weighted by atomic mass is 31.1. The van der Waals surface area contributed by atoms with Crippen molar-refractivity contribution in [1.82, 2.24) is 0 Å². The van der Waals surface area contributed by atoms with Crippen LogP contribution in [0.5, 0.6) is 0 Å². The summed E-state index contributed by atoms with van der Waals surface area (Å²) in [5, 5.41) is 13.5. The van der Waals surface area contributed by atoms with E-state index in [0.29, 0.717) is 0 Å². The van der Waals surface area contributed by atoms with E-state index in [1.54, 1.807) is 0 Å². The summed E-state index contributed by atoms with van der Waals surface area (Å²) in [5.74, 6) is 0. The Hall–Kier alpha value is -4.86. The quantitative estimate of drug-likeness (QED) is 0.147. The van der Waals surface area contributed by atoms with Crippen molar-refractivity contribution in [1.29, 1.82) is 0 Å². The Bertz CT molecular complexity index is 2100. The zero-order chi connectivity index (χ0) is 34.5. The van der Waals surface area contributed by atoms with Gasteiger partial charge >= 0.3 is 0 Å². The van der Waals surface area contributed by atoms with E-state index in [9.17, 15) is 0 Å². The maximum atomic E-state index is 2.51. The molecule has 0 saturated heterocycles. The topological polar surface area (TPSA) is 0 Å². The first-order chi connectivity index (χ1) is 24.7. The highest BCUT2D eigenvalue weighted by molar-refractivity contribution is 7.80. The summed E-state index contributed by atoms with van der Waals surface area (Å²) < 4.78 is 0. The fourth-order valence-corrected chi connectivity index (χ4v) is 12.3. The van der Waals surface area contributed by atoms with Crippen LogP contribution in [0, 0.1) is 13.8 Å². The Morgan fingerprint density at radius 1 is 0.300 bits per heavy atom. The molecule has 0 aliphatic carbocycles. The molecule has 0 fully saturated rings. The van der Waals surface area contributed by atoms with Crippen LogP contribution in [0.4, 0.5) is 0 Å². The summed E-state index contributed by atoms with van der Waals surface area (Å²) in [7, 11) is -1.75. The van der Waals surface area contributed by atoms with E-state index in [-0.39, 0.29) is 0 Å². The Morgan fingerprint density at radius 2 is 0.540 bits per heavy atom. The minimum absolute atomic E-state index is 0.876. The number of fused-ring (bicyclic) bond motifs is 2. The van der Waals surface area contributed by atoms with Gasteiger partial charge in [0.15, 0.2) is 0 Å². The highest BCUT2D eigenvalue weighted by Gasteiger charge is 2.29. The van der Waals surface area contributed by atoms with Gasteiger partial charge in [0.25, 0.3) is 0 Å². The Kier molecular flexibility index (Phi) is 10.3. The molecule has 0 nitrogen and oxygen atoms in total. The van der Waals surface area contributed by atoms with E-state index in [2.05, 4.69) is 196 Å². The molecule has 0 spiro atoms. The summed E-state index contributed by atoms with van der Waals surface area (Å²) in [6.07, 6.45) is 0. The molecule has 0 N–H and O–H groups in total. The molecule has 8 rings (SSSR count). The molecule has 8 aromatic carbocycles. The van der Waals surface area contributed by atoms with Crippen LogP contribution in [0.2, 0.25) is 0 Å². The van der Waals surface area contributed by atoms with E-state index >= 15 is 0 Å². The minimum Gasteiger partial charge on any atom is -0.0683 e. The summed E-state index contributed by atoms with van der Waals surface area (Å²) in [6, 6.07) is 67.8. The Morgan fingerprint density at radius 3 is 0.820 bits per heavy atom. The predicted molar refractivity (Wildman–Crippen MR) is 225 cm³/mol. The molecule has 0 heterocycles. The zero-order valence-electron chi connectivity index (χ0n) is 29.2. The third-order valence-electron chi connectivity index (χ3n) is 9.25. The molecule has 0 radical (unpaired) electrons. The molecule has 0 bridgehead atoms. The molecule has 244 valence electrons. The van der Waals surface area contributed by atoms with Crippen LogP contribution in [0.3, 0.4) is 0 Å². The molecule has 0 aliphatic heterocycles. The van der Waals surface area contributed by atoms with Gasteiger partial charge in [-0.15, -0.1) is 0 Å². The fourth-order valence-electron chi connectivity index (χ4n) is 7.12. The summed E-state index contributed by atoms with van der Waals surface area (Å²) in [5.41, 5.74) is 5.35. The largest absolute Gasteiger partial charge is 0.0683 e. The van der Waals surface area contributed by atoms with Crippen LogP contribution >= 0.6 is 15.8 Å². The van der Waals surface area contributed by atoms with Gasteiger partial charge in [0.2, 0.25) is 0 Å². The number of aryl methyl sites for hydroxylation is 2. The molecule has 0 aromatic heterocycles. The predicted octanol–water partition coefficient (Wildman–Crippen LogP) is 10.8. The lowest BCUT2D eigenvalue weighted by molar-refractivity contribution is 1.50. The average molecular weight is 681 g/mol. The van der Waals surface area contributed by atoms with Crippen LogP contribution in [-0.2, 0) is 0 Å². The zero-order valence-corrected chi connectivity index (χ0v) is 31.0. The van der Waals surface area contributed by atoms with Crippen molar-refractivity contribution in [3.05, 3.63) is 193 Å². The molecule has 50 heavy (non-hydrogen) atoms. The minimum atomic E-state index is -0.876. The third kappa shape index (κ3) is 6.43. The van der Waals surface area contributed by atoms with Crippen molar-refractivity contribution >= 4 is 69.2 Å². The van der Waals surface area contributed by atoms with Gasteiger partial charge in [-0.2, -0.15) is 0 Å². The first kappa shape index (κ1) is 33.6. The smallest absolute Gasteiger partial charge is 0.000863 e. The van der Waals surface area contributed by atoms with Gasteiger partial charge in [0, 0.05) is 0 Å². The lowest BCUT2D eigenvalue weighted by Gasteiger charge is -2.29. The van der Waals surface area contributed by atoms with E-state index in [0.717, 1.165) is 0 Å². The fraction of sp³-hybridized carbons (Fsp3) is 0.0833. The van der Waals surface area contributed by atoms with E-state index < -0.39 is 15.8 Å². The molecule has 2 heteroatoms. The highest BCUT2D eigenvalue weighted by Crippen LogP contribution is 2.46. The van der Waals surface area contributed by atoms with Gasteiger partial charge < -0.3 is 0 Å². The Balaban J connectivity index is 0.00000193. The van der Waals surface area contributed by atoms with E-state index in [1.165, 1.54) is 75.6 Å². The second-order valence-electron chi connectivity index (χ2n) is 12.3. The standard InChI is InChI=1S/C46H36P2.C2H6/c1-33-31-43(47(35-19-7-3-8-20-35)36-21-9-4-10-22-36)45(41-29-17-15-27-39(33)41)46-42-30-18-16-28-40(42)34(2)32-44(46)48(37-23-11-5-12-24-37)38-25-13-6-14-26-38;1-2/h3-32H,1-2H3;1-2H3. The lowest BCUT2D eigenvalue weighted by Crippen LogP contribution is -2.26. The molecule has 0 amide bonds. The molecule has 0 aliphatic rings. The van der Waals surface area contributed by atoms with Crippen molar-refractivity contribution in [3.8, 4) is 11.1 Å². The first-order valence-electron chi connectivity index (χ1n) is 17.5. The van der Waals surface area contributed by atoms with Crippen LogP contribution in [0.1, 0.15) is 25.0 Å². The maximum Gasteiger partial charge on any atom is -0.000863 e. The van der Waals surface area contributed by atoms with Gasteiger partial charge in [-0.25, -0.2) is 0 Å². The molecule has 0 unspecified atom stereocenters. The van der Waals surface area contributed by atoms with Gasteiger partial charge in [-0.05, 0) is 117 Å². The number of hydrogen-bond donors (Lipinski definition) is 0. The van der Waals surface area contributed by atoms with Crippen molar-refractivity contribution < 1.29 is 0 Å². The summed E-state index contributed by atoms with van der Waals surface area (Å²) in [6.45, 7) is 8.57. The van der Waals surface area contributed by atoms with Gasteiger partial charge in [0.05, 0.1) is 0 Å². The van der Waals surface area contributed by atoms with Crippen LogP contribution < -0.4 is 31.8 Å². The van der Waals surface area contributed by atoms with E-state index in [4.69, 9.17) is 0 Å². The molecular weight excluding hydrogens is 638 g/mol. The van der Waals surface area contributed by atoms with Crippen molar-refractivity contribution in [2.45, 2.75) is 27.7 Å². The van der Waals surface area contributed by atoms with Gasteiger partial charge in [-0.1, -0.05) is 184 Å². The van der Waals surface area contributed by atoms with Crippen LogP contribution in [0.15, 0.2) is 182 Å². The van der Waals surface area contributed by atoms with Crippen molar-refractivity contribution in [2.75, 3.05) is 0 Å². The average Bonchev–Trinajstić information content (AvgIpc) is 3.18. The Labute approximate surface area is 300 Å². The maximum absolute atomic E-state index is 2.51. The third-order valence-corrected chi connectivity index (χ3v) is 14.2. The summed E-state index contributed by atoms with van der Waals surface area (Å²) in [4.78, 5) is 0. The van der Waals surface area contributed by atoms with Crippen LogP contribution in [-0.4, -0.2) is 0 Å². The normalized spacial score (nSPS) is 11.2. The number of rotatable bonds is 7. The monoisotopic (exact) mass is 680 g/mol.